The second-order valence-electron chi connectivity index (χ2n) is 3.97. The smallest absolute Gasteiger partial charge is 0.201 e. The molecule has 2 heterocycles. The van der Waals surface area contributed by atoms with E-state index in [2.05, 4.69) is 20.3 Å². The van der Waals surface area contributed by atoms with Crippen LogP contribution in [0.2, 0.25) is 0 Å². The number of hydrogen-bond acceptors (Lipinski definition) is 3. The van der Waals surface area contributed by atoms with E-state index in [1.54, 1.807) is 18.6 Å². The quantitative estimate of drug-likeness (QED) is 0.739. The van der Waals surface area contributed by atoms with Gasteiger partial charge in [-0.3, -0.25) is 0 Å². The minimum atomic E-state index is -0.267. The molecule has 3 rings (SSSR count). The lowest BCUT2D eigenvalue weighted by atomic mass is 10.3. The van der Waals surface area contributed by atoms with Crippen molar-refractivity contribution < 1.29 is 4.39 Å². The van der Waals surface area contributed by atoms with Gasteiger partial charge >= 0.3 is 0 Å². The van der Waals surface area contributed by atoms with Crippen LogP contribution in [0, 0.1) is 5.82 Å². The van der Waals surface area contributed by atoms with Crippen LogP contribution in [0.4, 0.5) is 10.3 Å². The molecule has 0 saturated heterocycles. The van der Waals surface area contributed by atoms with Gasteiger partial charge in [0.05, 0.1) is 17.4 Å². The highest BCUT2D eigenvalue weighted by atomic mass is 19.1. The summed E-state index contributed by atoms with van der Waals surface area (Å²) in [4.78, 5) is 11.3. The summed E-state index contributed by atoms with van der Waals surface area (Å²) in [7, 11) is 0. The zero-order valence-electron chi connectivity index (χ0n) is 9.60. The fourth-order valence-electron chi connectivity index (χ4n) is 1.79. The highest BCUT2D eigenvalue weighted by molar-refractivity contribution is 5.77. The molecule has 2 aromatic heterocycles. The summed E-state index contributed by atoms with van der Waals surface area (Å²) in [6, 6.07) is 4.49. The topological polar surface area (TPSA) is 58.5 Å². The van der Waals surface area contributed by atoms with Gasteiger partial charge in [0.25, 0.3) is 0 Å². The van der Waals surface area contributed by atoms with Crippen LogP contribution in [0.15, 0.2) is 36.9 Å². The van der Waals surface area contributed by atoms with Gasteiger partial charge in [0.15, 0.2) is 0 Å². The first-order valence-corrected chi connectivity index (χ1v) is 5.66. The molecule has 3 aromatic rings. The molecule has 92 valence electrons. The van der Waals surface area contributed by atoms with E-state index in [1.165, 1.54) is 12.1 Å². The Morgan fingerprint density at radius 1 is 1.39 bits per heavy atom. The molecule has 0 spiro atoms. The number of aromatic nitrogens is 4. The van der Waals surface area contributed by atoms with Gasteiger partial charge in [0.2, 0.25) is 5.95 Å². The molecular formula is C12H12FN5. The van der Waals surface area contributed by atoms with Crippen molar-refractivity contribution >= 4 is 17.0 Å². The molecule has 0 saturated carbocycles. The SMILES string of the molecule is Fc1ccc2nc(NCCn3ccnc3)[nH]c2c1. The van der Waals surface area contributed by atoms with E-state index in [0.717, 1.165) is 18.6 Å². The molecule has 0 radical (unpaired) electrons. The van der Waals surface area contributed by atoms with E-state index in [1.807, 2.05) is 10.8 Å². The van der Waals surface area contributed by atoms with Crippen LogP contribution in [0.1, 0.15) is 0 Å². The minimum Gasteiger partial charge on any atom is -0.354 e. The highest BCUT2D eigenvalue weighted by Crippen LogP contribution is 2.15. The number of benzene rings is 1. The Bertz CT molecular complexity index is 644. The Balaban J connectivity index is 1.67. The monoisotopic (exact) mass is 245 g/mol. The summed E-state index contributed by atoms with van der Waals surface area (Å²) in [5.41, 5.74) is 1.45. The second kappa shape index (κ2) is 4.48. The number of H-pyrrole nitrogens is 1. The molecule has 2 N–H and O–H groups in total. The lowest BCUT2D eigenvalue weighted by molar-refractivity contribution is 0.629. The Morgan fingerprint density at radius 2 is 2.33 bits per heavy atom. The van der Waals surface area contributed by atoms with Crippen molar-refractivity contribution in [3.8, 4) is 0 Å². The van der Waals surface area contributed by atoms with Gasteiger partial charge < -0.3 is 14.9 Å². The molecule has 1 aromatic carbocycles. The van der Waals surface area contributed by atoms with Crippen molar-refractivity contribution in [3.05, 3.63) is 42.7 Å². The van der Waals surface area contributed by atoms with Crippen molar-refractivity contribution in [2.24, 2.45) is 0 Å². The van der Waals surface area contributed by atoms with Crippen LogP contribution in [0.3, 0.4) is 0 Å². The third kappa shape index (κ3) is 2.17. The summed E-state index contributed by atoms with van der Waals surface area (Å²) in [5, 5.41) is 3.15. The molecule has 0 amide bonds. The van der Waals surface area contributed by atoms with Crippen molar-refractivity contribution in [1.29, 1.82) is 0 Å². The van der Waals surface area contributed by atoms with Crippen molar-refractivity contribution in [1.82, 2.24) is 19.5 Å². The molecule has 0 fully saturated rings. The van der Waals surface area contributed by atoms with Crippen LogP contribution in [0.5, 0.6) is 0 Å². The van der Waals surface area contributed by atoms with Gasteiger partial charge in [0, 0.05) is 25.5 Å². The zero-order chi connectivity index (χ0) is 12.4. The van der Waals surface area contributed by atoms with E-state index >= 15 is 0 Å². The number of halogens is 1. The number of hydrogen-bond donors (Lipinski definition) is 2. The maximum atomic E-state index is 13.0. The zero-order valence-corrected chi connectivity index (χ0v) is 9.60. The molecule has 18 heavy (non-hydrogen) atoms. The van der Waals surface area contributed by atoms with Crippen molar-refractivity contribution in [3.63, 3.8) is 0 Å². The minimum absolute atomic E-state index is 0.267. The van der Waals surface area contributed by atoms with Gasteiger partial charge in [-0.15, -0.1) is 0 Å². The molecule has 0 atom stereocenters. The number of rotatable bonds is 4. The first kappa shape index (κ1) is 10.8. The maximum Gasteiger partial charge on any atom is 0.201 e. The number of anilines is 1. The average Bonchev–Trinajstić information content (AvgIpc) is 2.97. The summed E-state index contributed by atoms with van der Waals surface area (Å²) < 4.78 is 15.0. The molecule has 0 bridgehead atoms. The van der Waals surface area contributed by atoms with Gasteiger partial charge in [-0.2, -0.15) is 0 Å². The van der Waals surface area contributed by atoms with Gasteiger partial charge in [-0.1, -0.05) is 0 Å². The molecular weight excluding hydrogens is 233 g/mol. The number of imidazole rings is 2. The summed E-state index contributed by atoms with van der Waals surface area (Å²) in [5.74, 6) is 0.381. The maximum absolute atomic E-state index is 13.0. The molecule has 0 aliphatic carbocycles. The van der Waals surface area contributed by atoms with E-state index in [9.17, 15) is 4.39 Å². The predicted molar refractivity (Wildman–Crippen MR) is 66.8 cm³/mol. The number of nitrogens with one attached hydrogen (secondary N) is 2. The Labute approximate surface area is 103 Å². The Hall–Kier alpha value is -2.37. The number of nitrogens with zero attached hydrogens (tertiary/aromatic N) is 3. The van der Waals surface area contributed by atoms with Crippen LogP contribution in [-0.2, 0) is 6.54 Å². The lowest BCUT2D eigenvalue weighted by Gasteiger charge is -2.02. The number of fused-ring (bicyclic) bond motifs is 1. The Kier molecular flexibility index (Phi) is 2.68. The fourth-order valence-corrected chi connectivity index (χ4v) is 1.79. The fraction of sp³-hybridized carbons (Fsp3) is 0.167. The van der Waals surface area contributed by atoms with Crippen LogP contribution < -0.4 is 5.32 Å². The highest BCUT2D eigenvalue weighted by Gasteiger charge is 2.02. The third-order valence-electron chi connectivity index (χ3n) is 2.67. The van der Waals surface area contributed by atoms with Crippen LogP contribution >= 0.6 is 0 Å². The molecule has 0 aliphatic heterocycles. The van der Waals surface area contributed by atoms with Gasteiger partial charge in [-0.05, 0) is 18.2 Å². The summed E-state index contributed by atoms with van der Waals surface area (Å²) in [6.45, 7) is 1.52. The molecule has 0 unspecified atom stereocenters. The summed E-state index contributed by atoms with van der Waals surface area (Å²) >= 11 is 0. The number of aromatic amines is 1. The normalized spacial score (nSPS) is 10.9. The summed E-state index contributed by atoms with van der Waals surface area (Å²) in [6.07, 6.45) is 5.40. The van der Waals surface area contributed by atoms with E-state index in [4.69, 9.17) is 0 Å². The van der Waals surface area contributed by atoms with Crippen molar-refractivity contribution in [2.45, 2.75) is 6.54 Å². The Morgan fingerprint density at radius 3 is 3.17 bits per heavy atom. The van der Waals surface area contributed by atoms with E-state index in [-0.39, 0.29) is 5.82 Å². The molecule has 6 heteroatoms. The largest absolute Gasteiger partial charge is 0.354 e. The van der Waals surface area contributed by atoms with Crippen LogP contribution in [-0.4, -0.2) is 26.1 Å². The van der Waals surface area contributed by atoms with Gasteiger partial charge in [0.1, 0.15) is 5.82 Å². The molecule has 5 nitrogen and oxygen atoms in total. The van der Waals surface area contributed by atoms with Gasteiger partial charge in [-0.25, -0.2) is 14.4 Å². The van der Waals surface area contributed by atoms with Crippen LogP contribution in [0.25, 0.3) is 11.0 Å². The van der Waals surface area contributed by atoms with E-state index in [0.29, 0.717) is 11.5 Å². The molecule has 0 aliphatic rings. The first-order valence-electron chi connectivity index (χ1n) is 5.66. The second-order valence-corrected chi connectivity index (χ2v) is 3.97. The third-order valence-corrected chi connectivity index (χ3v) is 2.67. The van der Waals surface area contributed by atoms with E-state index < -0.39 is 0 Å². The van der Waals surface area contributed by atoms with Crippen molar-refractivity contribution in [2.75, 3.05) is 11.9 Å². The predicted octanol–water partition coefficient (Wildman–Crippen LogP) is 2.01. The lowest BCUT2D eigenvalue weighted by Crippen LogP contribution is -2.09. The standard InChI is InChI=1S/C12H12FN5/c13-9-1-2-10-11(7-9)17-12(16-10)15-4-6-18-5-3-14-8-18/h1-3,5,7-8H,4,6H2,(H2,15,16,17). The first-order chi connectivity index (χ1) is 8.81. The average molecular weight is 245 g/mol.